The lowest BCUT2D eigenvalue weighted by Gasteiger charge is -2.28. The van der Waals surface area contributed by atoms with Crippen LogP contribution < -0.4 is 24.7 Å². The van der Waals surface area contributed by atoms with E-state index in [9.17, 15) is 10.1 Å². The number of esters is 1. The van der Waals surface area contributed by atoms with Gasteiger partial charge in [0.1, 0.15) is 34.6 Å². The maximum atomic E-state index is 12.5. The standard InChI is InChI=1S/C33H36N2O5/c1-5-6-9-18-37-28-11-8-7-10-25(28)31-26-17-16-24(19-29(26)40-32(35)27(31)20-34)39-30(36)21-38-23-14-12-22(13-15-23)33(2,3)4/h7-8,10-17,19,31H,5-6,9,18,21,35H2,1-4H3. The number of hydrogen-bond donors (Lipinski definition) is 1. The molecule has 0 amide bonds. The summed E-state index contributed by atoms with van der Waals surface area (Å²) in [4.78, 5) is 12.5. The van der Waals surface area contributed by atoms with E-state index < -0.39 is 11.9 Å². The molecule has 0 radical (unpaired) electrons. The third kappa shape index (κ3) is 6.76. The molecular weight excluding hydrogens is 504 g/mol. The SMILES string of the molecule is CCCCCOc1ccccc1C1C(C#N)=C(N)Oc2cc(OC(=O)COc3ccc(C(C)(C)C)cc3)ccc21. The van der Waals surface area contributed by atoms with Gasteiger partial charge in [-0.05, 0) is 41.7 Å². The molecule has 40 heavy (non-hydrogen) atoms. The molecule has 7 nitrogen and oxygen atoms in total. The molecule has 1 aliphatic rings. The van der Waals surface area contributed by atoms with Crippen LogP contribution >= 0.6 is 0 Å². The van der Waals surface area contributed by atoms with Crippen molar-refractivity contribution >= 4 is 5.97 Å². The average Bonchev–Trinajstić information content (AvgIpc) is 2.93. The first-order chi connectivity index (χ1) is 19.2. The summed E-state index contributed by atoms with van der Waals surface area (Å²) in [5.74, 6) is 0.933. The van der Waals surface area contributed by atoms with Crippen LogP contribution in [0.3, 0.4) is 0 Å². The second-order valence-corrected chi connectivity index (χ2v) is 10.8. The Hall–Kier alpha value is -4.44. The molecule has 0 saturated heterocycles. The molecular formula is C33H36N2O5. The third-order valence-electron chi connectivity index (χ3n) is 6.73. The Morgan fingerprint density at radius 2 is 1.70 bits per heavy atom. The van der Waals surface area contributed by atoms with Crippen LogP contribution in [0.5, 0.6) is 23.0 Å². The Kier molecular flexibility index (Phi) is 9.00. The number of nitrogens with zero attached hydrogens (tertiary/aromatic N) is 1. The van der Waals surface area contributed by atoms with Crippen molar-refractivity contribution in [3.8, 4) is 29.1 Å². The van der Waals surface area contributed by atoms with Gasteiger partial charge in [0, 0.05) is 17.2 Å². The van der Waals surface area contributed by atoms with Gasteiger partial charge in [-0.3, -0.25) is 0 Å². The van der Waals surface area contributed by atoms with Crippen LogP contribution in [0.25, 0.3) is 0 Å². The zero-order chi connectivity index (χ0) is 28.7. The summed E-state index contributed by atoms with van der Waals surface area (Å²) in [6, 6.07) is 22.6. The Bertz CT molecular complexity index is 1410. The first-order valence-corrected chi connectivity index (χ1v) is 13.6. The van der Waals surface area contributed by atoms with Crippen LogP contribution in [-0.4, -0.2) is 19.2 Å². The lowest BCUT2D eigenvalue weighted by atomic mass is 9.83. The van der Waals surface area contributed by atoms with Gasteiger partial charge < -0.3 is 24.7 Å². The Morgan fingerprint density at radius 1 is 0.975 bits per heavy atom. The molecule has 3 aromatic carbocycles. The highest BCUT2D eigenvalue weighted by atomic mass is 16.6. The number of ether oxygens (including phenoxy) is 4. The van der Waals surface area contributed by atoms with Gasteiger partial charge in [0.2, 0.25) is 5.88 Å². The van der Waals surface area contributed by atoms with E-state index in [1.807, 2.05) is 48.5 Å². The molecule has 0 bridgehead atoms. The van der Waals surface area contributed by atoms with Crippen LogP contribution in [0.15, 0.2) is 78.2 Å². The summed E-state index contributed by atoms with van der Waals surface area (Å²) in [5, 5.41) is 9.95. The summed E-state index contributed by atoms with van der Waals surface area (Å²) in [7, 11) is 0. The smallest absolute Gasteiger partial charge is 0.349 e. The number of fused-ring (bicyclic) bond motifs is 1. The van der Waals surface area contributed by atoms with Crippen molar-refractivity contribution in [3.63, 3.8) is 0 Å². The lowest BCUT2D eigenvalue weighted by Crippen LogP contribution is -2.22. The summed E-state index contributed by atoms with van der Waals surface area (Å²) in [5.41, 5.74) is 9.24. The number of benzene rings is 3. The van der Waals surface area contributed by atoms with E-state index in [1.54, 1.807) is 18.2 Å². The first-order valence-electron chi connectivity index (χ1n) is 13.6. The number of allylic oxidation sites excluding steroid dienone is 1. The summed E-state index contributed by atoms with van der Waals surface area (Å²) >= 11 is 0. The normalized spacial score (nSPS) is 14.5. The number of carbonyl (C=O) groups is 1. The maximum Gasteiger partial charge on any atom is 0.349 e. The van der Waals surface area contributed by atoms with E-state index in [0.717, 1.165) is 30.4 Å². The quantitative estimate of drug-likeness (QED) is 0.172. The second kappa shape index (κ2) is 12.6. The largest absolute Gasteiger partial charge is 0.493 e. The maximum absolute atomic E-state index is 12.5. The Balaban J connectivity index is 1.50. The highest BCUT2D eigenvalue weighted by Gasteiger charge is 2.33. The van der Waals surface area contributed by atoms with Crippen molar-refractivity contribution in [1.82, 2.24) is 0 Å². The number of para-hydroxylation sites is 1. The minimum absolute atomic E-state index is 0.00583. The van der Waals surface area contributed by atoms with Gasteiger partial charge in [-0.1, -0.05) is 76.9 Å². The van der Waals surface area contributed by atoms with Crippen LogP contribution in [0.4, 0.5) is 0 Å². The Labute approximate surface area is 236 Å². The van der Waals surface area contributed by atoms with Crippen molar-refractivity contribution in [2.45, 2.75) is 58.3 Å². The van der Waals surface area contributed by atoms with E-state index in [0.29, 0.717) is 29.4 Å². The Morgan fingerprint density at radius 3 is 2.40 bits per heavy atom. The van der Waals surface area contributed by atoms with Crippen LogP contribution in [0.1, 0.15) is 69.6 Å². The van der Waals surface area contributed by atoms with E-state index in [1.165, 1.54) is 5.56 Å². The van der Waals surface area contributed by atoms with Crippen molar-refractivity contribution in [2.75, 3.05) is 13.2 Å². The van der Waals surface area contributed by atoms with Crippen molar-refractivity contribution in [3.05, 3.63) is 94.9 Å². The molecule has 3 aromatic rings. The average molecular weight is 541 g/mol. The number of nitriles is 1. The summed E-state index contributed by atoms with van der Waals surface area (Å²) in [6.07, 6.45) is 3.12. The predicted octanol–water partition coefficient (Wildman–Crippen LogP) is 6.76. The first kappa shape index (κ1) is 28.6. The van der Waals surface area contributed by atoms with Crippen molar-refractivity contribution in [2.24, 2.45) is 5.73 Å². The molecule has 0 aliphatic carbocycles. The molecule has 4 rings (SSSR count). The van der Waals surface area contributed by atoms with E-state index in [2.05, 4.69) is 33.8 Å². The molecule has 1 unspecified atom stereocenters. The molecule has 1 aliphatic heterocycles. The van der Waals surface area contributed by atoms with Gasteiger partial charge in [-0.25, -0.2) is 4.79 Å². The van der Waals surface area contributed by atoms with Crippen LogP contribution in [-0.2, 0) is 10.2 Å². The van der Waals surface area contributed by atoms with Gasteiger partial charge in [0.25, 0.3) is 0 Å². The van der Waals surface area contributed by atoms with Crippen molar-refractivity contribution < 1.29 is 23.7 Å². The van der Waals surface area contributed by atoms with Crippen LogP contribution in [0, 0.1) is 11.3 Å². The van der Waals surface area contributed by atoms with E-state index in [-0.39, 0.29) is 23.7 Å². The highest BCUT2D eigenvalue weighted by Crippen LogP contribution is 2.46. The molecule has 1 heterocycles. The van der Waals surface area contributed by atoms with E-state index in [4.69, 9.17) is 24.7 Å². The molecule has 0 saturated carbocycles. The minimum atomic E-state index is -0.556. The number of hydrogen-bond acceptors (Lipinski definition) is 7. The van der Waals surface area contributed by atoms with Crippen molar-refractivity contribution in [1.29, 1.82) is 5.26 Å². The summed E-state index contributed by atoms with van der Waals surface area (Å²) in [6.45, 7) is 8.88. The molecule has 0 aromatic heterocycles. The van der Waals surface area contributed by atoms with Gasteiger partial charge in [-0.2, -0.15) is 5.26 Å². The number of carbonyl (C=O) groups excluding carboxylic acids is 1. The third-order valence-corrected chi connectivity index (χ3v) is 6.73. The highest BCUT2D eigenvalue weighted by molar-refractivity contribution is 5.74. The monoisotopic (exact) mass is 540 g/mol. The summed E-state index contributed by atoms with van der Waals surface area (Å²) < 4.78 is 23.0. The van der Waals surface area contributed by atoms with E-state index >= 15 is 0 Å². The van der Waals surface area contributed by atoms with Gasteiger partial charge >= 0.3 is 5.97 Å². The fraction of sp³-hybridized carbons (Fsp3) is 0.333. The lowest BCUT2D eigenvalue weighted by molar-refractivity contribution is -0.136. The van der Waals surface area contributed by atoms with Crippen LogP contribution in [0.2, 0.25) is 0 Å². The topological polar surface area (TPSA) is 104 Å². The van der Waals surface area contributed by atoms with Gasteiger partial charge in [0.05, 0.1) is 12.5 Å². The molecule has 2 N–H and O–H groups in total. The molecule has 208 valence electrons. The predicted molar refractivity (Wildman–Crippen MR) is 153 cm³/mol. The zero-order valence-electron chi connectivity index (χ0n) is 23.5. The molecule has 0 spiro atoms. The molecule has 1 atom stereocenters. The van der Waals surface area contributed by atoms with Gasteiger partial charge in [-0.15, -0.1) is 0 Å². The fourth-order valence-electron chi connectivity index (χ4n) is 4.56. The number of rotatable bonds is 10. The fourth-order valence-corrected chi connectivity index (χ4v) is 4.56. The zero-order valence-corrected chi connectivity index (χ0v) is 23.5. The van der Waals surface area contributed by atoms with Gasteiger partial charge in [0.15, 0.2) is 6.61 Å². The number of nitrogens with two attached hydrogens (primary N) is 1. The number of unbranched alkanes of at least 4 members (excludes halogenated alkanes) is 2. The minimum Gasteiger partial charge on any atom is -0.493 e. The molecule has 0 fully saturated rings. The molecule has 7 heteroatoms. The second-order valence-electron chi connectivity index (χ2n) is 10.8.